The van der Waals surface area contributed by atoms with Crippen molar-refractivity contribution in [2.75, 3.05) is 6.54 Å². The van der Waals surface area contributed by atoms with E-state index in [1.165, 1.54) is 19.3 Å². The summed E-state index contributed by atoms with van der Waals surface area (Å²) in [6.45, 7) is 1.10. The van der Waals surface area contributed by atoms with E-state index in [0.29, 0.717) is 6.04 Å². The van der Waals surface area contributed by atoms with Crippen LogP contribution in [0.3, 0.4) is 0 Å². The fourth-order valence-corrected chi connectivity index (χ4v) is 2.48. The van der Waals surface area contributed by atoms with Crippen LogP contribution in [0.4, 0.5) is 0 Å². The van der Waals surface area contributed by atoms with Gasteiger partial charge in [0, 0.05) is 6.04 Å². The third-order valence-electron chi connectivity index (χ3n) is 3.18. The molecule has 0 spiro atoms. The smallest absolute Gasteiger partial charge is 0.0800 e. The van der Waals surface area contributed by atoms with Crippen molar-refractivity contribution < 1.29 is 5.11 Å². The fraction of sp³-hybridized carbons (Fsp3) is 1.00. The van der Waals surface area contributed by atoms with Crippen LogP contribution in [0.25, 0.3) is 0 Å². The largest absolute Gasteiger partial charge is 0.388 e. The molecule has 2 heteroatoms. The van der Waals surface area contributed by atoms with Crippen LogP contribution in [0.5, 0.6) is 0 Å². The van der Waals surface area contributed by atoms with Crippen molar-refractivity contribution >= 4 is 0 Å². The summed E-state index contributed by atoms with van der Waals surface area (Å²) >= 11 is 0. The van der Waals surface area contributed by atoms with Gasteiger partial charge >= 0.3 is 0 Å². The van der Waals surface area contributed by atoms with Crippen molar-refractivity contribution in [3.05, 3.63) is 0 Å². The molecule has 0 aromatic carbocycles. The summed E-state index contributed by atoms with van der Waals surface area (Å²) < 4.78 is 0. The summed E-state index contributed by atoms with van der Waals surface area (Å²) in [7, 11) is 0. The Balaban J connectivity index is 2.06. The van der Waals surface area contributed by atoms with Gasteiger partial charge < -0.3 is 10.4 Å². The van der Waals surface area contributed by atoms with E-state index < -0.39 is 0 Å². The first-order valence-corrected chi connectivity index (χ1v) is 4.77. The Hall–Kier alpha value is -0.0800. The molecule has 0 aromatic heterocycles. The molecule has 1 saturated carbocycles. The molecule has 1 aliphatic heterocycles. The summed E-state index contributed by atoms with van der Waals surface area (Å²) in [6, 6.07) is 0.407. The normalized spacial score (nSPS) is 45.0. The summed E-state index contributed by atoms with van der Waals surface area (Å²) in [5.74, 6) is 0. The number of fused-ring (bicyclic) bond motifs is 1. The van der Waals surface area contributed by atoms with E-state index >= 15 is 0 Å². The van der Waals surface area contributed by atoms with Gasteiger partial charge in [0.1, 0.15) is 0 Å². The van der Waals surface area contributed by atoms with Gasteiger partial charge in [0.05, 0.1) is 5.60 Å². The van der Waals surface area contributed by atoms with Crippen LogP contribution in [0, 0.1) is 0 Å². The van der Waals surface area contributed by atoms with Crippen molar-refractivity contribution in [1.82, 2.24) is 5.32 Å². The molecule has 1 saturated heterocycles. The van der Waals surface area contributed by atoms with Crippen molar-refractivity contribution in [2.24, 2.45) is 0 Å². The Labute approximate surface area is 68.0 Å². The van der Waals surface area contributed by atoms with E-state index in [4.69, 9.17) is 0 Å². The third-order valence-corrected chi connectivity index (χ3v) is 3.18. The van der Waals surface area contributed by atoms with E-state index in [9.17, 15) is 5.11 Å². The topological polar surface area (TPSA) is 32.3 Å². The molecule has 1 heterocycles. The number of nitrogens with one attached hydrogen (secondary N) is 1. The molecule has 0 amide bonds. The molecule has 2 N–H and O–H groups in total. The van der Waals surface area contributed by atoms with Gasteiger partial charge in [-0.3, -0.25) is 0 Å². The lowest BCUT2D eigenvalue weighted by molar-refractivity contribution is -0.0490. The SMILES string of the molecule is OC12CCCCC1NCCC2. The molecule has 2 nitrogen and oxygen atoms in total. The maximum atomic E-state index is 10.1. The summed E-state index contributed by atoms with van der Waals surface area (Å²) in [5.41, 5.74) is -0.337. The molecular weight excluding hydrogens is 138 g/mol. The van der Waals surface area contributed by atoms with Crippen LogP contribution in [-0.2, 0) is 0 Å². The molecule has 2 unspecified atom stereocenters. The number of rotatable bonds is 0. The van der Waals surface area contributed by atoms with Gasteiger partial charge in [-0.25, -0.2) is 0 Å². The van der Waals surface area contributed by atoms with E-state index in [1.807, 2.05) is 0 Å². The van der Waals surface area contributed by atoms with Crippen LogP contribution in [0.2, 0.25) is 0 Å². The molecule has 0 bridgehead atoms. The van der Waals surface area contributed by atoms with Crippen LogP contribution in [0.15, 0.2) is 0 Å². The molecule has 2 atom stereocenters. The minimum atomic E-state index is -0.337. The zero-order chi connectivity index (χ0) is 7.73. The Morgan fingerprint density at radius 2 is 2.00 bits per heavy atom. The monoisotopic (exact) mass is 155 g/mol. The third kappa shape index (κ3) is 1.30. The Bertz CT molecular complexity index is 134. The lowest BCUT2D eigenvalue weighted by Crippen LogP contribution is -2.56. The molecule has 0 radical (unpaired) electrons. The van der Waals surface area contributed by atoms with E-state index in [0.717, 1.165) is 25.8 Å². The standard InChI is InChI=1S/C9H17NO/c11-9-5-2-1-4-8(9)10-7-3-6-9/h8,10-11H,1-7H2. The maximum Gasteiger partial charge on any atom is 0.0800 e. The van der Waals surface area contributed by atoms with Gasteiger partial charge in [0.25, 0.3) is 0 Å². The van der Waals surface area contributed by atoms with E-state index in [1.54, 1.807) is 0 Å². The predicted molar refractivity (Wildman–Crippen MR) is 44.4 cm³/mol. The van der Waals surface area contributed by atoms with E-state index in [-0.39, 0.29) is 5.60 Å². The highest BCUT2D eigenvalue weighted by molar-refractivity contribution is 4.97. The number of hydrogen-bond donors (Lipinski definition) is 2. The Morgan fingerprint density at radius 1 is 1.18 bits per heavy atom. The van der Waals surface area contributed by atoms with Gasteiger partial charge in [-0.05, 0) is 32.2 Å². The van der Waals surface area contributed by atoms with Gasteiger partial charge in [-0.15, -0.1) is 0 Å². The zero-order valence-electron chi connectivity index (χ0n) is 6.97. The van der Waals surface area contributed by atoms with Gasteiger partial charge in [0.15, 0.2) is 0 Å². The average molecular weight is 155 g/mol. The second-order valence-electron chi connectivity index (χ2n) is 3.96. The highest BCUT2D eigenvalue weighted by Gasteiger charge is 2.39. The number of aliphatic hydroxyl groups is 1. The lowest BCUT2D eigenvalue weighted by atomic mass is 9.75. The van der Waals surface area contributed by atoms with Gasteiger partial charge in [0.2, 0.25) is 0 Å². The van der Waals surface area contributed by atoms with Gasteiger partial charge in [-0.1, -0.05) is 12.8 Å². The van der Waals surface area contributed by atoms with Crippen molar-refractivity contribution in [3.8, 4) is 0 Å². The molecule has 11 heavy (non-hydrogen) atoms. The molecule has 2 fully saturated rings. The first kappa shape index (κ1) is 7.56. The van der Waals surface area contributed by atoms with Crippen LogP contribution in [-0.4, -0.2) is 23.3 Å². The highest BCUT2D eigenvalue weighted by Crippen LogP contribution is 2.34. The summed E-state index contributed by atoms with van der Waals surface area (Å²) in [6.07, 6.45) is 6.87. The van der Waals surface area contributed by atoms with Crippen LogP contribution < -0.4 is 5.32 Å². The molecule has 0 aromatic rings. The number of hydrogen-bond acceptors (Lipinski definition) is 2. The minimum Gasteiger partial charge on any atom is -0.388 e. The van der Waals surface area contributed by atoms with Gasteiger partial charge in [-0.2, -0.15) is 0 Å². The molecular formula is C9H17NO. The van der Waals surface area contributed by atoms with Crippen molar-refractivity contribution in [2.45, 2.75) is 50.2 Å². The van der Waals surface area contributed by atoms with Crippen molar-refractivity contribution in [1.29, 1.82) is 0 Å². The first-order chi connectivity index (χ1) is 5.31. The maximum absolute atomic E-state index is 10.1. The van der Waals surface area contributed by atoms with E-state index in [2.05, 4.69) is 5.32 Å². The zero-order valence-corrected chi connectivity index (χ0v) is 6.97. The second kappa shape index (κ2) is 2.76. The molecule has 2 aliphatic rings. The van der Waals surface area contributed by atoms with Crippen LogP contribution >= 0.6 is 0 Å². The predicted octanol–water partition coefficient (Wildman–Crippen LogP) is 1.04. The molecule has 2 rings (SSSR count). The highest BCUT2D eigenvalue weighted by atomic mass is 16.3. The second-order valence-corrected chi connectivity index (χ2v) is 3.96. The average Bonchev–Trinajstić information content (AvgIpc) is 2.03. The fourth-order valence-electron chi connectivity index (χ4n) is 2.48. The van der Waals surface area contributed by atoms with Crippen molar-refractivity contribution in [3.63, 3.8) is 0 Å². The summed E-state index contributed by atoms with van der Waals surface area (Å²) in [4.78, 5) is 0. The Kier molecular flexibility index (Phi) is 1.90. The Morgan fingerprint density at radius 3 is 2.82 bits per heavy atom. The molecule has 64 valence electrons. The quantitative estimate of drug-likeness (QED) is 0.548. The summed E-state index contributed by atoms with van der Waals surface area (Å²) in [5, 5.41) is 13.5. The minimum absolute atomic E-state index is 0.337. The van der Waals surface area contributed by atoms with Crippen LogP contribution in [0.1, 0.15) is 38.5 Å². The first-order valence-electron chi connectivity index (χ1n) is 4.77. The molecule has 1 aliphatic carbocycles. The number of piperidine rings is 1. The lowest BCUT2D eigenvalue weighted by Gasteiger charge is -2.44.